The summed E-state index contributed by atoms with van der Waals surface area (Å²) in [6.07, 6.45) is 3.51. The first-order valence-electron chi connectivity index (χ1n) is 4.75. The van der Waals surface area contributed by atoms with Crippen LogP contribution in [-0.2, 0) is 9.59 Å². The zero-order chi connectivity index (χ0) is 11.0. The zero-order valence-electron chi connectivity index (χ0n) is 8.11. The second-order valence-corrected chi connectivity index (χ2v) is 3.22. The Labute approximate surface area is 82.9 Å². The highest BCUT2D eigenvalue weighted by Crippen LogP contribution is 2.11. The molecule has 14 heavy (non-hydrogen) atoms. The van der Waals surface area contributed by atoms with Crippen LogP contribution in [0.25, 0.3) is 0 Å². The first-order chi connectivity index (χ1) is 6.59. The minimum Gasteiger partial charge on any atom is -0.481 e. The molecule has 0 rings (SSSR count). The lowest BCUT2D eigenvalue weighted by Crippen LogP contribution is -2.23. The highest BCUT2D eigenvalue weighted by Gasteiger charge is 2.24. The average Bonchev–Trinajstić information content (AvgIpc) is 2.09. The number of carboxylic acid groups (broad SMARTS) is 2. The molecule has 5 nitrogen and oxygen atoms in total. The van der Waals surface area contributed by atoms with Gasteiger partial charge in [0.25, 0.3) is 0 Å². The number of aliphatic carboxylic acids is 2. The number of unbranched alkanes of at least 4 members (excludes halogenated alkanes) is 3. The van der Waals surface area contributed by atoms with Gasteiger partial charge in [-0.2, -0.15) is 0 Å². The van der Waals surface area contributed by atoms with Crippen LogP contribution in [0.2, 0.25) is 0 Å². The number of carbonyl (C=O) groups is 2. The molecule has 82 valence electrons. The molecule has 0 atom stereocenters. The van der Waals surface area contributed by atoms with Crippen LogP contribution in [-0.4, -0.2) is 28.7 Å². The second kappa shape index (κ2) is 7.32. The van der Waals surface area contributed by atoms with Crippen LogP contribution in [0.1, 0.15) is 32.1 Å². The van der Waals surface area contributed by atoms with Gasteiger partial charge in [-0.25, -0.2) is 0 Å². The summed E-state index contributed by atoms with van der Waals surface area (Å²) in [5.41, 5.74) is 5.28. The van der Waals surface area contributed by atoms with Crippen LogP contribution in [0, 0.1) is 5.92 Å². The largest absolute Gasteiger partial charge is 0.481 e. The second-order valence-electron chi connectivity index (χ2n) is 3.22. The van der Waals surface area contributed by atoms with E-state index >= 15 is 0 Å². The maximum absolute atomic E-state index is 10.5. The summed E-state index contributed by atoms with van der Waals surface area (Å²) in [6, 6.07) is 0. The van der Waals surface area contributed by atoms with Gasteiger partial charge in [0.05, 0.1) is 0 Å². The molecular formula is C9H17NO4. The van der Waals surface area contributed by atoms with E-state index in [9.17, 15) is 9.59 Å². The van der Waals surface area contributed by atoms with Gasteiger partial charge in [-0.15, -0.1) is 0 Å². The molecule has 0 spiro atoms. The fraction of sp³-hybridized carbons (Fsp3) is 0.778. The molecule has 0 saturated heterocycles. The summed E-state index contributed by atoms with van der Waals surface area (Å²) in [4.78, 5) is 20.9. The van der Waals surface area contributed by atoms with Gasteiger partial charge in [0.2, 0.25) is 0 Å². The van der Waals surface area contributed by atoms with Crippen LogP contribution in [0.3, 0.4) is 0 Å². The van der Waals surface area contributed by atoms with Crippen LogP contribution in [0.15, 0.2) is 0 Å². The zero-order valence-corrected chi connectivity index (χ0v) is 8.11. The predicted molar refractivity (Wildman–Crippen MR) is 50.9 cm³/mol. The van der Waals surface area contributed by atoms with E-state index in [0.717, 1.165) is 19.3 Å². The number of nitrogens with two attached hydrogens (primary N) is 1. The maximum Gasteiger partial charge on any atom is 0.317 e. The summed E-state index contributed by atoms with van der Waals surface area (Å²) < 4.78 is 0. The van der Waals surface area contributed by atoms with Crippen molar-refractivity contribution in [2.45, 2.75) is 32.1 Å². The topological polar surface area (TPSA) is 101 Å². The van der Waals surface area contributed by atoms with E-state index in [0.29, 0.717) is 13.0 Å². The van der Waals surface area contributed by atoms with Crippen molar-refractivity contribution in [1.82, 2.24) is 0 Å². The summed E-state index contributed by atoms with van der Waals surface area (Å²) in [6.45, 7) is 0.626. The third kappa shape index (κ3) is 5.53. The standard InChI is InChI=1S/C9H17NO4/c10-6-4-2-1-3-5-7(8(11)12)9(13)14/h7H,1-6,10H2,(H,11,12)(H,13,14). The van der Waals surface area contributed by atoms with Crippen molar-refractivity contribution in [3.8, 4) is 0 Å². The van der Waals surface area contributed by atoms with Gasteiger partial charge in [-0.1, -0.05) is 19.3 Å². The number of rotatable bonds is 8. The SMILES string of the molecule is NCCCCCCC(C(=O)O)C(=O)O. The smallest absolute Gasteiger partial charge is 0.317 e. The summed E-state index contributed by atoms with van der Waals surface area (Å²) in [7, 11) is 0. The molecule has 0 aliphatic rings. The summed E-state index contributed by atoms with van der Waals surface area (Å²) >= 11 is 0. The molecule has 0 aliphatic carbocycles. The minimum absolute atomic E-state index is 0.204. The molecular weight excluding hydrogens is 186 g/mol. The molecule has 0 amide bonds. The van der Waals surface area contributed by atoms with Gasteiger partial charge in [0.15, 0.2) is 5.92 Å². The van der Waals surface area contributed by atoms with Crippen molar-refractivity contribution in [1.29, 1.82) is 0 Å². The molecule has 0 bridgehead atoms. The van der Waals surface area contributed by atoms with Crippen molar-refractivity contribution < 1.29 is 19.8 Å². The van der Waals surface area contributed by atoms with Crippen molar-refractivity contribution in [2.24, 2.45) is 11.7 Å². The molecule has 0 fully saturated rings. The van der Waals surface area contributed by atoms with Crippen molar-refractivity contribution >= 4 is 11.9 Å². The lowest BCUT2D eigenvalue weighted by molar-refractivity contribution is -0.154. The highest BCUT2D eigenvalue weighted by atomic mass is 16.4. The first-order valence-corrected chi connectivity index (χ1v) is 4.75. The Morgan fingerprint density at radius 2 is 1.50 bits per heavy atom. The molecule has 0 saturated carbocycles. The molecule has 0 aliphatic heterocycles. The molecule has 0 unspecified atom stereocenters. The van der Waals surface area contributed by atoms with Crippen LogP contribution >= 0.6 is 0 Å². The predicted octanol–water partition coefficient (Wildman–Crippen LogP) is 0.681. The lowest BCUT2D eigenvalue weighted by Gasteiger charge is -2.06. The monoisotopic (exact) mass is 203 g/mol. The van der Waals surface area contributed by atoms with Gasteiger partial charge in [0, 0.05) is 0 Å². The van der Waals surface area contributed by atoms with E-state index in [1.54, 1.807) is 0 Å². The Balaban J connectivity index is 3.62. The van der Waals surface area contributed by atoms with E-state index in [1.165, 1.54) is 0 Å². The van der Waals surface area contributed by atoms with Gasteiger partial charge in [0.1, 0.15) is 0 Å². The first kappa shape index (κ1) is 12.9. The van der Waals surface area contributed by atoms with E-state index in [2.05, 4.69) is 0 Å². The lowest BCUT2D eigenvalue weighted by atomic mass is 10.0. The van der Waals surface area contributed by atoms with Crippen LogP contribution in [0.4, 0.5) is 0 Å². The third-order valence-corrected chi connectivity index (χ3v) is 2.04. The van der Waals surface area contributed by atoms with E-state index in [4.69, 9.17) is 15.9 Å². The normalized spacial score (nSPS) is 10.4. The molecule has 0 aromatic heterocycles. The fourth-order valence-electron chi connectivity index (χ4n) is 1.20. The molecule has 0 aromatic carbocycles. The minimum atomic E-state index is -1.26. The molecule has 0 heterocycles. The van der Waals surface area contributed by atoms with Gasteiger partial charge < -0.3 is 15.9 Å². The quantitative estimate of drug-likeness (QED) is 0.398. The van der Waals surface area contributed by atoms with Crippen molar-refractivity contribution in [2.75, 3.05) is 6.54 Å². The number of hydrogen-bond acceptors (Lipinski definition) is 3. The molecule has 0 aromatic rings. The third-order valence-electron chi connectivity index (χ3n) is 2.04. The Morgan fingerprint density at radius 3 is 1.93 bits per heavy atom. The van der Waals surface area contributed by atoms with E-state index < -0.39 is 17.9 Å². The van der Waals surface area contributed by atoms with Crippen LogP contribution < -0.4 is 5.73 Å². The van der Waals surface area contributed by atoms with Crippen molar-refractivity contribution in [3.05, 3.63) is 0 Å². The Morgan fingerprint density at radius 1 is 1.00 bits per heavy atom. The fourth-order valence-corrected chi connectivity index (χ4v) is 1.20. The Hall–Kier alpha value is -1.10. The molecule has 4 N–H and O–H groups in total. The Kier molecular flexibility index (Phi) is 6.74. The van der Waals surface area contributed by atoms with Crippen LogP contribution in [0.5, 0.6) is 0 Å². The maximum atomic E-state index is 10.5. The Bertz CT molecular complexity index is 179. The summed E-state index contributed by atoms with van der Waals surface area (Å²) in [5, 5.41) is 17.1. The average molecular weight is 203 g/mol. The highest BCUT2D eigenvalue weighted by molar-refractivity contribution is 5.92. The van der Waals surface area contributed by atoms with Gasteiger partial charge >= 0.3 is 11.9 Å². The number of carboxylic acids is 2. The molecule has 5 heteroatoms. The van der Waals surface area contributed by atoms with Crippen molar-refractivity contribution in [3.63, 3.8) is 0 Å². The van der Waals surface area contributed by atoms with Gasteiger partial charge in [-0.3, -0.25) is 9.59 Å². The molecule has 0 radical (unpaired) electrons. The summed E-state index contributed by atoms with van der Waals surface area (Å²) in [5.74, 6) is -3.76. The number of hydrogen-bond donors (Lipinski definition) is 3. The van der Waals surface area contributed by atoms with E-state index in [-0.39, 0.29) is 6.42 Å². The van der Waals surface area contributed by atoms with Gasteiger partial charge in [-0.05, 0) is 19.4 Å². The van der Waals surface area contributed by atoms with E-state index in [1.807, 2.05) is 0 Å².